The Morgan fingerprint density at radius 1 is 1.50 bits per heavy atom. The first-order chi connectivity index (χ1) is 5.66. The Morgan fingerprint density at radius 3 is 2.58 bits per heavy atom. The van der Waals surface area contributed by atoms with Crippen molar-refractivity contribution < 1.29 is 14.6 Å². The van der Waals surface area contributed by atoms with E-state index in [4.69, 9.17) is 4.74 Å². The van der Waals surface area contributed by atoms with Crippen molar-refractivity contribution in [3.05, 3.63) is 29.3 Å². The molecular formula is C9H9O3-. The molecule has 0 bridgehead atoms. The summed E-state index contributed by atoms with van der Waals surface area (Å²) in [5, 5.41) is 10.6. The smallest absolute Gasteiger partial charge is 0.128 e. The normalized spacial score (nSPS) is 9.50. The fraction of sp³-hybridized carbons (Fsp3) is 0.222. The summed E-state index contributed by atoms with van der Waals surface area (Å²) in [6, 6.07) is 5.03. The van der Waals surface area contributed by atoms with Gasteiger partial charge in [0.05, 0.1) is 13.1 Å². The minimum Gasteiger partial charge on any atom is -0.545 e. The zero-order valence-electron chi connectivity index (χ0n) is 6.96. The number of hydrogen-bond acceptors (Lipinski definition) is 3. The Bertz CT molecular complexity index is 305. The molecule has 0 amide bonds. The molecule has 0 N–H and O–H groups in total. The molecule has 1 aromatic rings. The maximum atomic E-state index is 10.6. The van der Waals surface area contributed by atoms with Gasteiger partial charge in [-0.25, -0.2) is 0 Å². The summed E-state index contributed by atoms with van der Waals surface area (Å²) in [6.45, 7) is 1.70. The lowest BCUT2D eigenvalue weighted by molar-refractivity contribution is -0.255. The van der Waals surface area contributed by atoms with Crippen molar-refractivity contribution in [2.45, 2.75) is 6.92 Å². The number of aryl methyl sites for hydroxylation is 1. The fourth-order valence-electron chi connectivity index (χ4n) is 1.07. The summed E-state index contributed by atoms with van der Waals surface area (Å²) in [5.41, 5.74) is 0.773. The van der Waals surface area contributed by atoms with Crippen LogP contribution in [0.4, 0.5) is 0 Å². The predicted octanol–water partition coefficient (Wildman–Crippen LogP) is 0.367. The number of benzene rings is 1. The van der Waals surface area contributed by atoms with Crippen LogP contribution in [0.2, 0.25) is 0 Å². The van der Waals surface area contributed by atoms with Crippen molar-refractivity contribution in [3.8, 4) is 5.75 Å². The molecule has 3 heteroatoms. The van der Waals surface area contributed by atoms with Crippen LogP contribution in [0.25, 0.3) is 0 Å². The lowest BCUT2D eigenvalue weighted by Crippen LogP contribution is -2.23. The van der Waals surface area contributed by atoms with Crippen molar-refractivity contribution >= 4 is 5.97 Å². The highest BCUT2D eigenvalue weighted by Gasteiger charge is 2.05. The molecule has 0 saturated heterocycles. The number of ether oxygens (including phenoxy) is 1. The van der Waals surface area contributed by atoms with Gasteiger partial charge in [-0.15, -0.1) is 0 Å². The van der Waals surface area contributed by atoms with Crippen molar-refractivity contribution in [1.29, 1.82) is 0 Å². The van der Waals surface area contributed by atoms with E-state index >= 15 is 0 Å². The molecule has 0 spiro atoms. The van der Waals surface area contributed by atoms with Gasteiger partial charge in [-0.3, -0.25) is 0 Å². The number of methoxy groups -OCH3 is 1. The predicted molar refractivity (Wildman–Crippen MR) is 42.1 cm³/mol. The van der Waals surface area contributed by atoms with Crippen LogP contribution in [0.3, 0.4) is 0 Å². The molecule has 0 heterocycles. The molecule has 0 atom stereocenters. The van der Waals surface area contributed by atoms with Gasteiger partial charge >= 0.3 is 0 Å². The zero-order valence-corrected chi connectivity index (χ0v) is 6.96. The van der Waals surface area contributed by atoms with Gasteiger partial charge in [0.25, 0.3) is 0 Å². The summed E-state index contributed by atoms with van der Waals surface area (Å²) in [7, 11) is 1.43. The van der Waals surface area contributed by atoms with Crippen LogP contribution in [0, 0.1) is 6.92 Å². The van der Waals surface area contributed by atoms with Crippen LogP contribution >= 0.6 is 0 Å². The third-order valence-corrected chi connectivity index (χ3v) is 1.66. The average Bonchev–Trinajstić information content (AvgIpc) is 2.03. The molecule has 1 aromatic carbocycles. The number of carbonyl (C=O) groups excluding carboxylic acids is 1. The van der Waals surface area contributed by atoms with Crippen molar-refractivity contribution in [2.24, 2.45) is 0 Å². The quantitative estimate of drug-likeness (QED) is 0.636. The van der Waals surface area contributed by atoms with Gasteiger partial charge in [0, 0.05) is 5.56 Å². The van der Waals surface area contributed by atoms with E-state index in [-0.39, 0.29) is 5.56 Å². The van der Waals surface area contributed by atoms with Crippen molar-refractivity contribution in [2.75, 3.05) is 7.11 Å². The standard InChI is InChI=1S/C9H10O3/c1-6-4-3-5-7(12-2)8(6)9(10)11/h3-5H,1-2H3,(H,10,11)/p-1. The average molecular weight is 165 g/mol. The molecule has 3 nitrogen and oxygen atoms in total. The Hall–Kier alpha value is -1.51. The summed E-state index contributed by atoms with van der Waals surface area (Å²) in [5.74, 6) is -0.861. The van der Waals surface area contributed by atoms with Crippen LogP contribution in [0.15, 0.2) is 18.2 Å². The molecule has 0 aromatic heterocycles. The van der Waals surface area contributed by atoms with E-state index in [9.17, 15) is 9.90 Å². The van der Waals surface area contributed by atoms with Gasteiger partial charge in [0.1, 0.15) is 5.75 Å². The molecule has 0 radical (unpaired) electrons. The van der Waals surface area contributed by atoms with Crippen LogP contribution < -0.4 is 9.84 Å². The van der Waals surface area contributed by atoms with E-state index in [1.165, 1.54) is 7.11 Å². The molecule has 0 saturated carbocycles. The molecule has 0 aliphatic heterocycles. The molecule has 64 valence electrons. The molecule has 0 fully saturated rings. The Morgan fingerprint density at radius 2 is 2.17 bits per heavy atom. The number of hydrogen-bond donors (Lipinski definition) is 0. The highest BCUT2D eigenvalue weighted by molar-refractivity contribution is 5.90. The molecule has 0 aliphatic carbocycles. The first-order valence-electron chi connectivity index (χ1n) is 3.51. The van der Waals surface area contributed by atoms with E-state index < -0.39 is 5.97 Å². The second-order valence-corrected chi connectivity index (χ2v) is 2.44. The number of carbonyl (C=O) groups is 1. The van der Waals surface area contributed by atoms with Crippen LogP contribution in [-0.4, -0.2) is 13.1 Å². The minimum atomic E-state index is -1.20. The van der Waals surface area contributed by atoms with E-state index in [0.717, 1.165) is 0 Å². The Kier molecular flexibility index (Phi) is 2.33. The van der Waals surface area contributed by atoms with Crippen molar-refractivity contribution in [1.82, 2.24) is 0 Å². The monoisotopic (exact) mass is 165 g/mol. The molecule has 0 unspecified atom stereocenters. The summed E-state index contributed by atoms with van der Waals surface area (Å²) < 4.78 is 4.87. The van der Waals surface area contributed by atoms with Crippen LogP contribution in [0.1, 0.15) is 15.9 Å². The van der Waals surface area contributed by atoms with Gasteiger partial charge in [0.2, 0.25) is 0 Å². The first-order valence-corrected chi connectivity index (χ1v) is 3.51. The van der Waals surface area contributed by atoms with Gasteiger partial charge < -0.3 is 14.6 Å². The number of rotatable bonds is 2. The van der Waals surface area contributed by atoms with Crippen molar-refractivity contribution in [3.63, 3.8) is 0 Å². The minimum absolute atomic E-state index is 0.125. The molecule has 1 rings (SSSR count). The third-order valence-electron chi connectivity index (χ3n) is 1.66. The third kappa shape index (κ3) is 1.39. The SMILES string of the molecule is COc1cccc(C)c1C(=O)[O-]. The van der Waals surface area contributed by atoms with Gasteiger partial charge in [0.15, 0.2) is 0 Å². The molecule has 0 aliphatic rings. The highest BCUT2D eigenvalue weighted by atomic mass is 16.5. The summed E-state index contributed by atoms with van der Waals surface area (Å²) in [4.78, 5) is 10.6. The Balaban J connectivity index is 3.29. The van der Waals surface area contributed by atoms with Crippen LogP contribution in [0.5, 0.6) is 5.75 Å². The van der Waals surface area contributed by atoms with Crippen LogP contribution in [-0.2, 0) is 0 Å². The lowest BCUT2D eigenvalue weighted by Gasteiger charge is -2.11. The number of carboxylic acid groups (broad SMARTS) is 1. The lowest BCUT2D eigenvalue weighted by atomic mass is 10.1. The second kappa shape index (κ2) is 3.26. The molecule has 12 heavy (non-hydrogen) atoms. The number of aromatic carboxylic acids is 1. The number of carboxylic acids is 1. The second-order valence-electron chi connectivity index (χ2n) is 2.44. The maximum absolute atomic E-state index is 10.6. The largest absolute Gasteiger partial charge is 0.545 e. The van der Waals surface area contributed by atoms with Gasteiger partial charge in [-0.2, -0.15) is 0 Å². The van der Waals surface area contributed by atoms with E-state index in [0.29, 0.717) is 11.3 Å². The maximum Gasteiger partial charge on any atom is 0.128 e. The first kappa shape index (κ1) is 8.59. The highest BCUT2D eigenvalue weighted by Crippen LogP contribution is 2.20. The van der Waals surface area contributed by atoms with E-state index in [1.807, 2.05) is 0 Å². The Labute approximate surface area is 70.6 Å². The van der Waals surface area contributed by atoms with Gasteiger partial charge in [-0.1, -0.05) is 12.1 Å². The summed E-state index contributed by atoms with van der Waals surface area (Å²) in [6.07, 6.45) is 0. The zero-order chi connectivity index (χ0) is 9.14. The van der Waals surface area contributed by atoms with E-state index in [2.05, 4.69) is 0 Å². The van der Waals surface area contributed by atoms with Gasteiger partial charge in [-0.05, 0) is 18.6 Å². The van der Waals surface area contributed by atoms with E-state index in [1.54, 1.807) is 25.1 Å². The molecular weight excluding hydrogens is 156 g/mol. The topological polar surface area (TPSA) is 49.4 Å². The fourth-order valence-corrected chi connectivity index (χ4v) is 1.07. The summed E-state index contributed by atoms with van der Waals surface area (Å²) >= 11 is 0.